The minimum absolute atomic E-state index is 0.372. The molecule has 0 saturated heterocycles. The van der Waals surface area contributed by atoms with Crippen molar-refractivity contribution in [2.24, 2.45) is 17.4 Å². The third-order valence-corrected chi connectivity index (χ3v) is 4.42. The van der Waals surface area contributed by atoms with Crippen molar-refractivity contribution in [2.45, 2.75) is 38.8 Å². The molecule has 2 rings (SSSR count). The van der Waals surface area contributed by atoms with Crippen LogP contribution in [0.15, 0.2) is 24.3 Å². The molecule has 1 fully saturated rings. The lowest BCUT2D eigenvalue weighted by molar-refractivity contribution is 0.1000. The molecule has 0 spiro atoms. The Hall–Kier alpha value is -1.39. The first-order chi connectivity index (χ1) is 9.65. The molecule has 2 unspecified atom stereocenters. The van der Waals surface area contributed by atoms with E-state index in [2.05, 4.69) is 11.8 Å². The van der Waals surface area contributed by atoms with Crippen molar-refractivity contribution in [1.82, 2.24) is 4.90 Å². The molecular weight excluding hydrogens is 250 g/mol. The van der Waals surface area contributed by atoms with Gasteiger partial charge in [-0.15, -0.1) is 0 Å². The number of amides is 1. The van der Waals surface area contributed by atoms with Crippen LogP contribution >= 0.6 is 0 Å². The first-order valence-corrected chi connectivity index (χ1v) is 7.48. The van der Waals surface area contributed by atoms with Crippen LogP contribution in [0, 0.1) is 5.92 Å². The van der Waals surface area contributed by atoms with Gasteiger partial charge in [-0.3, -0.25) is 9.69 Å². The molecule has 1 aliphatic carbocycles. The van der Waals surface area contributed by atoms with Gasteiger partial charge >= 0.3 is 0 Å². The highest BCUT2D eigenvalue weighted by Gasteiger charge is 2.30. The van der Waals surface area contributed by atoms with Gasteiger partial charge in [-0.2, -0.15) is 0 Å². The summed E-state index contributed by atoms with van der Waals surface area (Å²) in [5.74, 6) is 0.253. The molecule has 0 aromatic heterocycles. The van der Waals surface area contributed by atoms with Gasteiger partial charge in [0.25, 0.3) is 0 Å². The highest BCUT2D eigenvalue weighted by atomic mass is 16.1. The minimum atomic E-state index is -0.372. The fourth-order valence-corrected chi connectivity index (χ4v) is 3.25. The van der Waals surface area contributed by atoms with Crippen molar-refractivity contribution in [3.63, 3.8) is 0 Å². The Labute approximate surface area is 121 Å². The van der Waals surface area contributed by atoms with E-state index < -0.39 is 0 Å². The van der Waals surface area contributed by atoms with Crippen molar-refractivity contribution in [3.05, 3.63) is 35.4 Å². The van der Waals surface area contributed by atoms with Crippen molar-refractivity contribution >= 4 is 5.91 Å². The van der Waals surface area contributed by atoms with E-state index in [0.29, 0.717) is 17.5 Å². The molecular formula is C16H25N3O. The lowest BCUT2D eigenvalue weighted by Gasteiger charge is -2.31. The number of hydrogen-bond acceptors (Lipinski definition) is 3. The number of hydrogen-bond donors (Lipinski definition) is 2. The molecule has 110 valence electrons. The Bertz CT molecular complexity index is 444. The van der Waals surface area contributed by atoms with Crippen LogP contribution < -0.4 is 11.5 Å². The van der Waals surface area contributed by atoms with Crippen molar-refractivity contribution in [2.75, 3.05) is 13.1 Å². The molecule has 1 aromatic rings. The Kier molecular flexibility index (Phi) is 5.15. The SMILES string of the molecule is CCN(Cc1ccc(C(N)=O)cc1)C1CCCC1CN. The summed E-state index contributed by atoms with van der Waals surface area (Å²) in [6.45, 7) is 4.92. The van der Waals surface area contributed by atoms with Gasteiger partial charge in [0.05, 0.1) is 0 Å². The lowest BCUT2D eigenvalue weighted by Crippen LogP contribution is -2.39. The molecule has 0 aliphatic heterocycles. The molecule has 20 heavy (non-hydrogen) atoms. The van der Waals surface area contributed by atoms with Gasteiger partial charge in [0.15, 0.2) is 0 Å². The molecule has 1 amide bonds. The molecule has 1 saturated carbocycles. The van der Waals surface area contributed by atoms with Crippen molar-refractivity contribution < 1.29 is 4.79 Å². The molecule has 4 N–H and O–H groups in total. The summed E-state index contributed by atoms with van der Waals surface area (Å²) in [6, 6.07) is 8.20. The largest absolute Gasteiger partial charge is 0.366 e. The normalized spacial score (nSPS) is 22.4. The fraction of sp³-hybridized carbons (Fsp3) is 0.562. The Morgan fingerprint density at radius 1 is 1.30 bits per heavy atom. The Balaban J connectivity index is 2.04. The number of nitrogens with two attached hydrogens (primary N) is 2. The molecule has 4 nitrogen and oxygen atoms in total. The summed E-state index contributed by atoms with van der Waals surface area (Å²) < 4.78 is 0. The summed E-state index contributed by atoms with van der Waals surface area (Å²) >= 11 is 0. The maximum Gasteiger partial charge on any atom is 0.248 e. The van der Waals surface area contributed by atoms with Crippen LogP contribution in [0.25, 0.3) is 0 Å². The molecule has 1 aromatic carbocycles. The van der Waals surface area contributed by atoms with Gasteiger partial charge in [0, 0.05) is 18.2 Å². The Morgan fingerprint density at radius 2 is 2.00 bits per heavy atom. The zero-order valence-electron chi connectivity index (χ0n) is 12.2. The van der Waals surface area contributed by atoms with E-state index >= 15 is 0 Å². The minimum Gasteiger partial charge on any atom is -0.366 e. The molecule has 0 radical (unpaired) electrons. The third kappa shape index (κ3) is 3.38. The first kappa shape index (κ1) is 15.0. The monoisotopic (exact) mass is 275 g/mol. The number of carbonyl (C=O) groups is 1. The molecule has 2 atom stereocenters. The predicted molar refractivity (Wildman–Crippen MR) is 81.2 cm³/mol. The number of rotatable bonds is 6. The van der Waals surface area contributed by atoms with E-state index in [1.807, 2.05) is 12.1 Å². The smallest absolute Gasteiger partial charge is 0.248 e. The van der Waals surface area contributed by atoms with Gasteiger partial charge < -0.3 is 11.5 Å². The maximum absolute atomic E-state index is 11.1. The zero-order chi connectivity index (χ0) is 14.5. The van der Waals surface area contributed by atoms with E-state index in [-0.39, 0.29) is 5.91 Å². The standard InChI is InChI=1S/C16H25N3O/c1-2-19(15-5-3-4-14(15)10-17)11-12-6-8-13(9-7-12)16(18)20/h6-9,14-15H,2-5,10-11,17H2,1H3,(H2,18,20). The molecule has 1 aliphatic rings. The van der Waals surface area contributed by atoms with Crippen molar-refractivity contribution in [3.8, 4) is 0 Å². The van der Waals surface area contributed by atoms with Gasteiger partial charge in [-0.1, -0.05) is 25.5 Å². The van der Waals surface area contributed by atoms with Crippen LogP contribution in [-0.4, -0.2) is 29.9 Å². The molecule has 0 heterocycles. The third-order valence-electron chi connectivity index (χ3n) is 4.42. The van der Waals surface area contributed by atoms with E-state index in [1.54, 1.807) is 12.1 Å². The van der Waals surface area contributed by atoms with Crippen LogP contribution in [-0.2, 0) is 6.54 Å². The molecule has 0 bridgehead atoms. The van der Waals surface area contributed by atoms with Crippen LogP contribution in [0.4, 0.5) is 0 Å². The average Bonchev–Trinajstić information content (AvgIpc) is 2.93. The summed E-state index contributed by atoms with van der Waals surface area (Å²) in [6.07, 6.45) is 3.77. The quantitative estimate of drug-likeness (QED) is 0.830. The zero-order valence-corrected chi connectivity index (χ0v) is 12.2. The van der Waals surface area contributed by atoms with Crippen LogP contribution in [0.1, 0.15) is 42.1 Å². The maximum atomic E-state index is 11.1. The van der Waals surface area contributed by atoms with E-state index in [1.165, 1.54) is 24.8 Å². The Morgan fingerprint density at radius 3 is 2.55 bits per heavy atom. The number of nitrogens with zero attached hydrogens (tertiary/aromatic N) is 1. The highest BCUT2D eigenvalue weighted by molar-refractivity contribution is 5.92. The molecule has 4 heteroatoms. The summed E-state index contributed by atoms with van der Waals surface area (Å²) in [5.41, 5.74) is 12.9. The first-order valence-electron chi connectivity index (χ1n) is 7.48. The van der Waals surface area contributed by atoms with Crippen LogP contribution in [0.5, 0.6) is 0 Å². The highest BCUT2D eigenvalue weighted by Crippen LogP contribution is 2.30. The van der Waals surface area contributed by atoms with Gasteiger partial charge in [0.2, 0.25) is 5.91 Å². The van der Waals surface area contributed by atoms with Gasteiger partial charge in [-0.05, 0) is 49.5 Å². The van der Waals surface area contributed by atoms with Crippen molar-refractivity contribution in [1.29, 1.82) is 0 Å². The second kappa shape index (κ2) is 6.86. The number of carbonyl (C=O) groups excluding carboxylic acids is 1. The second-order valence-electron chi connectivity index (χ2n) is 5.62. The van der Waals surface area contributed by atoms with E-state index in [0.717, 1.165) is 19.6 Å². The van der Waals surface area contributed by atoms with Gasteiger partial charge in [0.1, 0.15) is 0 Å². The van der Waals surface area contributed by atoms with E-state index in [9.17, 15) is 4.79 Å². The van der Waals surface area contributed by atoms with Crippen LogP contribution in [0.2, 0.25) is 0 Å². The lowest BCUT2D eigenvalue weighted by atomic mass is 10.0. The average molecular weight is 275 g/mol. The second-order valence-corrected chi connectivity index (χ2v) is 5.62. The predicted octanol–water partition coefficient (Wildman–Crippen LogP) is 1.73. The summed E-state index contributed by atoms with van der Waals surface area (Å²) in [4.78, 5) is 13.6. The summed E-state index contributed by atoms with van der Waals surface area (Å²) in [5, 5.41) is 0. The number of benzene rings is 1. The topological polar surface area (TPSA) is 72.3 Å². The van der Waals surface area contributed by atoms with Gasteiger partial charge in [-0.25, -0.2) is 0 Å². The fourth-order valence-electron chi connectivity index (χ4n) is 3.25. The van der Waals surface area contributed by atoms with E-state index in [4.69, 9.17) is 11.5 Å². The van der Waals surface area contributed by atoms with Crippen LogP contribution in [0.3, 0.4) is 0 Å². The summed E-state index contributed by atoms with van der Waals surface area (Å²) in [7, 11) is 0. The number of primary amides is 1.